The summed E-state index contributed by atoms with van der Waals surface area (Å²) in [6, 6.07) is 2.54. The van der Waals surface area contributed by atoms with Crippen LogP contribution in [0.2, 0.25) is 0 Å². The molecule has 2 aliphatic rings. The molecule has 0 aromatic carbocycles. The van der Waals surface area contributed by atoms with Crippen LogP contribution in [-0.4, -0.2) is 11.2 Å². The molecule has 2 fully saturated rings. The highest BCUT2D eigenvalue weighted by atomic mass is 16.3. The Balaban J connectivity index is 2.02. The highest BCUT2D eigenvalue weighted by Gasteiger charge is 2.45. The summed E-state index contributed by atoms with van der Waals surface area (Å²) in [5.41, 5.74) is -0.451. The summed E-state index contributed by atoms with van der Waals surface area (Å²) < 4.78 is 0. The number of aliphatic hydroxyl groups excluding tert-OH is 1. The van der Waals surface area contributed by atoms with Gasteiger partial charge in [-0.05, 0) is 62.2 Å². The van der Waals surface area contributed by atoms with Crippen LogP contribution in [-0.2, 0) is 0 Å². The molecule has 0 bridgehead atoms. The second kappa shape index (κ2) is 6.48. The molecule has 0 spiro atoms. The van der Waals surface area contributed by atoms with Crippen molar-refractivity contribution in [2.24, 2.45) is 29.1 Å². The maximum absolute atomic E-state index is 10.9. The van der Waals surface area contributed by atoms with Crippen LogP contribution in [0, 0.1) is 40.4 Å². The number of hydrogen-bond donors (Lipinski definition) is 1. The molecule has 20 heavy (non-hydrogen) atoms. The van der Waals surface area contributed by atoms with Crippen molar-refractivity contribution in [3.63, 3.8) is 0 Å². The Morgan fingerprint density at radius 1 is 1.10 bits per heavy atom. The van der Waals surface area contributed by atoms with E-state index in [2.05, 4.69) is 26.8 Å². The molecule has 2 heteroatoms. The fourth-order valence-electron chi connectivity index (χ4n) is 4.51. The third-order valence-corrected chi connectivity index (χ3v) is 6.08. The molecule has 114 valence electrons. The Hall–Kier alpha value is -0.550. The van der Waals surface area contributed by atoms with Gasteiger partial charge in [0, 0.05) is 0 Å². The summed E-state index contributed by atoms with van der Waals surface area (Å²) in [6.07, 6.45) is 8.37. The summed E-state index contributed by atoms with van der Waals surface area (Å²) in [5, 5.41) is 20.6. The molecule has 0 aromatic rings. The minimum Gasteiger partial charge on any atom is -0.391 e. The lowest BCUT2D eigenvalue weighted by atomic mass is 9.62. The van der Waals surface area contributed by atoms with E-state index in [1.165, 1.54) is 12.8 Å². The summed E-state index contributed by atoms with van der Waals surface area (Å²) >= 11 is 0. The standard InChI is InChI=1S/C18H31NO/c1-13(2)15-7-9-18(12-19,10-8-15)17(20)16-6-4-5-14(3)11-16/h13-17,20H,4-11H2,1-3H3. The minimum atomic E-state index is -0.451. The quantitative estimate of drug-likeness (QED) is 0.823. The SMILES string of the molecule is CC1CCCC(C(O)C2(C#N)CCC(C(C)C)CC2)C1. The first-order chi connectivity index (χ1) is 9.48. The van der Waals surface area contributed by atoms with Gasteiger partial charge >= 0.3 is 0 Å². The van der Waals surface area contributed by atoms with Gasteiger partial charge in [0.15, 0.2) is 0 Å². The van der Waals surface area contributed by atoms with E-state index in [1.54, 1.807) is 0 Å². The normalized spacial score (nSPS) is 40.3. The van der Waals surface area contributed by atoms with Crippen molar-refractivity contribution in [1.82, 2.24) is 0 Å². The Labute approximate surface area is 124 Å². The number of hydrogen-bond acceptors (Lipinski definition) is 2. The van der Waals surface area contributed by atoms with Crippen LogP contribution in [0.25, 0.3) is 0 Å². The average molecular weight is 277 g/mol. The highest BCUT2D eigenvalue weighted by Crippen LogP contribution is 2.47. The zero-order valence-electron chi connectivity index (χ0n) is 13.4. The van der Waals surface area contributed by atoms with Crippen molar-refractivity contribution in [3.05, 3.63) is 0 Å². The highest BCUT2D eigenvalue weighted by molar-refractivity contribution is 5.08. The van der Waals surface area contributed by atoms with Crippen LogP contribution in [0.5, 0.6) is 0 Å². The molecule has 0 saturated heterocycles. The second-order valence-corrected chi connectivity index (χ2v) is 7.83. The van der Waals surface area contributed by atoms with Crippen molar-refractivity contribution in [1.29, 1.82) is 5.26 Å². The third-order valence-electron chi connectivity index (χ3n) is 6.08. The molecule has 2 rings (SSSR count). The predicted octanol–water partition coefficient (Wildman–Crippen LogP) is 4.53. The van der Waals surface area contributed by atoms with Gasteiger partial charge in [-0.15, -0.1) is 0 Å². The second-order valence-electron chi connectivity index (χ2n) is 7.83. The molecule has 2 aliphatic carbocycles. The lowest BCUT2D eigenvalue weighted by Crippen LogP contribution is -2.44. The zero-order valence-corrected chi connectivity index (χ0v) is 13.4. The van der Waals surface area contributed by atoms with Crippen molar-refractivity contribution in [3.8, 4) is 6.07 Å². The molecule has 3 unspecified atom stereocenters. The van der Waals surface area contributed by atoms with E-state index in [0.29, 0.717) is 17.8 Å². The van der Waals surface area contributed by atoms with Crippen LogP contribution < -0.4 is 0 Å². The molecule has 1 N–H and O–H groups in total. The van der Waals surface area contributed by atoms with Crippen LogP contribution in [0.1, 0.15) is 72.1 Å². The zero-order chi connectivity index (χ0) is 14.8. The fourth-order valence-corrected chi connectivity index (χ4v) is 4.51. The summed E-state index contributed by atoms with van der Waals surface area (Å²) in [4.78, 5) is 0. The minimum absolute atomic E-state index is 0.356. The lowest BCUT2D eigenvalue weighted by molar-refractivity contribution is -0.0347. The Morgan fingerprint density at radius 3 is 2.25 bits per heavy atom. The maximum Gasteiger partial charge on any atom is 0.0835 e. The van der Waals surface area contributed by atoms with E-state index in [4.69, 9.17) is 0 Å². The van der Waals surface area contributed by atoms with Gasteiger partial charge in [-0.1, -0.05) is 33.6 Å². The van der Waals surface area contributed by atoms with Crippen molar-refractivity contribution in [2.75, 3.05) is 0 Å². The molecule has 0 heterocycles. The van der Waals surface area contributed by atoms with Gasteiger partial charge in [0.25, 0.3) is 0 Å². The largest absolute Gasteiger partial charge is 0.391 e. The molecule has 2 saturated carbocycles. The molecule has 0 aliphatic heterocycles. The van der Waals surface area contributed by atoms with E-state index < -0.39 is 11.5 Å². The summed E-state index contributed by atoms with van der Waals surface area (Å²) in [7, 11) is 0. The molecule has 2 nitrogen and oxygen atoms in total. The van der Waals surface area contributed by atoms with Crippen molar-refractivity contribution < 1.29 is 5.11 Å². The van der Waals surface area contributed by atoms with E-state index in [0.717, 1.165) is 44.4 Å². The summed E-state index contributed by atoms with van der Waals surface area (Å²) in [6.45, 7) is 6.85. The van der Waals surface area contributed by atoms with Gasteiger partial charge in [-0.3, -0.25) is 0 Å². The lowest BCUT2D eigenvalue weighted by Gasteiger charge is -2.43. The molecular weight excluding hydrogens is 246 g/mol. The van der Waals surface area contributed by atoms with Crippen molar-refractivity contribution in [2.45, 2.75) is 78.2 Å². The molecule has 3 atom stereocenters. The van der Waals surface area contributed by atoms with E-state index in [-0.39, 0.29) is 0 Å². The number of nitrogens with zero attached hydrogens (tertiary/aromatic N) is 1. The van der Waals surface area contributed by atoms with Crippen LogP contribution >= 0.6 is 0 Å². The van der Waals surface area contributed by atoms with Gasteiger partial charge in [-0.25, -0.2) is 0 Å². The van der Waals surface area contributed by atoms with Gasteiger partial charge in [-0.2, -0.15) is 5.26 Å². The smallest absolute Gasteiger partial charge is 0.0835 e. The van der Waals surface area contributed by atoms with Crippen molar-refractivity contribution >= 4 is 0 Å². The topological polar surface area (TPSA) is 44.0 Å². The molecular formula is C18H31NO. The van der Waals surface area contributed by atoms with Gasteiger partial charge in [0.05, 0.1) is 17.6 Å². The van der Waals surface area contributed by atoms with Crippen LogP contribution in [0.15, 0.2) is 0 Å². The van der Waals surface area contributed by atoms with Crippen LogP contribution in [0.3, 0.4) is 0 Å². The monoisotopic (exact) mass is 277 g/mol. The third kappa shape index (κ3) is 3.19. The first-order valence-corrected chi connectivity index (χ1v) is 8.58. The van der Waals surface area contributed by atoms with Gasteiger partial charge in [0.2, 0.25) is 0 Å². The van der Waals surface area contributed by atoms with Gasteiger partial charge < -0.3 is 5.11 Å². The van der Waals surface area contributed by atoms with Gasteiger partial charge in [0.1, 0.15) is 0 Å². The Bertz CT molecular complexity index is 349. The van der Waals surface area contributed by atoms with Crippen LogP contribution in [0.4, 0.5) is 0 Å². The number of rotatable bonds is 3. The Morgan fingerprint density at radius 2 is 1.75 bits per heavy atom. The Kier molecular flexibility index (Phi) is 5.13. The number of aliphatic hydroxyl groups is 1. The molecule has 0 radical (unpaired) electrons. The molecule has 0 aromatic heterocycles. The average Bonchev–Trinajstić information content (AvgIpc) is 2.46. The predicted molar refractivity (Wildman–Crippen MR) is 82.0 cm³/mol. The fraction of sp³-hybridized carbons (Fsp3) is 0.944. The van der Waals surface area contributed by atoms with E-state index >= 15 is 0 Å². The summed E-state index contributed by atoms with van der Waals surface area (Å²) in [5.74, 6) is 2.52. The molecule has 0 amide bonds. The maximum atomic E-state index is 10.9. The first kappa shape index (κ1) is 15.8. The van der Waals surface area contributed by atoms with E-state index in [9.17, 15) is 10.4 Å². The first-order valence-electron chi connectivity index (χ1n) is 8.58. The number of nitriles is 1. The van der Waals surface area contributed by atoms with E-state index in [1.807, 2.05) is 0 Å².